The van der Waals surface area contributed by atoms with Crippen molar-refractivity contribution in [3.63, 3.8) is 0 Å². The largest absolute Gasteiger partial charge is 0.426 e. The second-order valence-electron chi connectivity index (χ2n) is 9.76. The van der Waals surface area contributed by atoms with E-state index < -0.39 is 46.8 Å². The molecule has 0 aliphatic rings. The van der Waals surface area contributed by atoms with Crippen LogP contribution in [0.25, 0.3) is 22.3 Å². The van der Waals surface area contributed by atoms with E-state index in [1.54, 1.807) is 0 Å². The third kappa shape index (κ3) is 8.70. The second kappa shape index (κ2) is 14.5. The first-order valence-electron chi connectivity index (χ1n) is 13.5. The summed E-state index contributed by atoms with van der Waals surface area (Å²) in [7, 11) is 0. The van der Waals surface area contributed by atoms with Gasteiger partial charge in [0.2, 0.25) is 0 Å². The minimum Gasteiger partial charge on any atom is -0.426 e. The molecular formula is C33H26F6O4. The second-order valence-corrected chi connectivity index (χ2v) is 9.76. The summed E-state index contributed by atoms with van der Waals surface area (Å²) >= 11 is 0. The van der Waals surface area contributed by atoms with Crippen molar-refractivity contribution in [2.24, 2.45) is 0 Å². The van der Waals surface area contributed by atoms with E-state index in [0.717, 1.165) is 42.8 Å². The van der Waals surface area contributed by atoms with E-state index in [1.807, 2.05) is 0 Å². The predicted octanol–water partition coefficient (Wildman–Crippen LogP) is 9.10. The molecule has 0 heterocycles. The molecule has 0 N–H and O–H groups in total. The van der Waals surface area contributed by atoms with E-state index >= 15 is 0 Å². The molecule has 0 atom stereocenters. The fourth-order valence-electron chi connectivity index (χ4n) is 4.35. The molecule has 0 radical (unpaired) electrons. The van der Waals surface area contributed by atoms with Gasteiger partial charge in [-0.3, -0.25) is 9.59 Å². The van der Waals surface area contributed by atoms with Crippen LogP contribution in [0.15, 0.2) is 72.8 Å². The molecule has 0 spiro atoms. The molecule has 4 aromatic rings. The standard InChI is InChI=1S/C33H26F6O4/c34-26-14-8-20(16-30(26)38)24-12-10-22(18-28(24)36)42-32(40)6-4-2-1-3-5-7-33(41)43-23-11-13-25(29(37)19-23)21-9-15-27(35)31(39)17-21/h8-19H,1-7H2. The number of halogens is 6. The zero-order valence-corrected chi connectivity index (χ0v) is 22.8. The van der Waals surface area contributed by atoms with Gasteiger partial charge >= 0.3 is 11.9 Å². The summed E-state index contributed by atoms with van der Waals surface area (Å²) in [4.78, 5) is 24.2. The monoisotopic (exact) mass is 600 g/mol. The van der Waals surface area contributed by atoms with Crippen molar-refractivity contribution in [2.75, 3.05) is 0 Å². The van der Waals surface area contributed by atoms with Crippen LogP contribution in [0.3, 0.4) is 0 Å². The van der Waals surface area contributed by atoms with Gasteiger partial charge in [-0.05, 0) is 72.5 Å². The highest BCUT2D eigenvalue weighted by Crippen LogP contribution is 2.29. The smallest absolute Gasteiger partial charge is 0.311 e. The molecule has 0 saturated heterocycles. The molecule has 0 bridgehead atoms. The molecule has 224 valence electrons. The molecule has 10 heteroatoms. The quantitative estimate of drug-likeness (QED) is 0.0705. The number of unbranched alkanes of at least 4 members (excludes halogenated alkanes) is 4. The Kier molecular flexibility index (Phi) is 10.6. The van der Waals surface area contributed by atoms with E-state index in [4.69, 9.17) is 9.47 Å². The molecular weight excluding hydrogens is 574 g/mol. The van der Waals surface area contributed by atoms with Crippen molar-refractivity contribution in [1.82, 2.24) is 0 Å². The number of benzene rings is 4. The topological polar surface area (TPSA) is 52.6 Å². The summed E-state index contributed by atoms with van der Waals surface area (Å²) in [5.74, 6) is -6.91. The first kappa shape index (κ1) is 31.3. The van der Waals surface area contributed by atoms with Gasteiger partial charge in [0.15, 0.2) is 23.3 Å². The van der Waals surface area contributed by atoms with Crippen LogP contribution in [0.5, 0.6) is 11.5 Å². The van der Waals surface area contributed by atoms with Gasteiger partial charge in [-0.25, -0.2) is 26.3 Å². The Morgan fingerprint density at radius 3 is 1.21 bits per heavy atom. The average Bonchev–Trinajstić information content (AvgIpc) is 2.96. The Labute approximate surface area is 243 Å². The predicted molar refractivity (Wildman–Crippen MR) is 147 cm³/mol. The Balaban J connectivity index is 1.12. The molecule has 4 aromatic carbocycles. The molecule has 0 aliphatic heterocycles. The van der Waals surface area contributed by atoms with Gasteiger partial charge in [0.05, 0.1) is 0 Å². The molecule has 4 rings (SSSR count). The molecule has 0 aromatic heterocycles. The lowest BCUT2D eigenvalue weighted by Gasteiger charge is -2.08. The zero-order chi connectivity index (χ0) is 30.9. The first-order valence-corrected chi connectivity index (χ1v) is 13.5. The van der Waals surface area contributed by atoms with Crippen molar-refractivity contribution in [3.8, 4) is 33.8 Å². The lowest BCUT2D eigenvalue weighted by molar-refractivity contribution is -0.135. The van der Waals surface area contributed by atoms with E-state index in [1.165, 1.54) is 36.4 Å². The molecule has 0 unspecified atom stereocenters. The van der Waals surface area contributed by atoms with Gasteiger partial charge in [-0.2, -0.15) is 0 Å². The van der Waals surface area contributed by atoms with Crippen molar-refractivity contribution in [3.05, 3.63) is 108 Å². The van der Waals surface area contributed by atoms with Gasteiger partial charge in [0, 0.05) is 36.1 Å². The van der Waals surface area contributed by atoms with Crippen LogP contribution < -0.4 is 9.47 Å². The van der Waals surface area contributed by atoms with Gasteiger partial charge in [0.25, 0.3) is 0 Å². The van der Waals surface area contributed by atoms with Crippen molar-refractivity contribution in [2.45, 2.75) is 44.9 Å². The minimum absolute atomic E-state index is 0.00813. The van der Waals surface area contributed by atoms with Crippen molar-refractivity contribution < 1.29 is 45.4 Å². The van der Waals surface area contributed by atoms with Crippen molar-refractivity contribution >= 4 is 11.9 Å². The molecule has 4 nitrogen and oxygen atoms in total. The van der Waals surface area contributed by atoms with Crippen LogP contribution in [-0.4, -0.2) is 11.9 Å². The molecule has 43 heavy (non-hydrogen) atoms. The Hall–Kier alpha value is -4.60. The van der Waals surface area contributed by atoms with Gasteiger partial charge < -0.3 is 9.47 Å². The van der Waals surface area contributed by atoms with E-state index in [2.05, 4.69) is 0 Å². The third-order valence-electron chi connectivity index (χ3n) is 6.57. The van der Waals surface area contributed by atoms with Crippen LogP contribution in [0.1, 0.15) is 44.9 Å². The van der Waals surface area contributed by atoms with Gasteiger partial charge in [-0.15, -0.1) is 0 Å². The summed E-state index contributed by atoms with van der Waals surface area (Å²) in [6.45, 7) is 0. The van der Waals surface area contributed by atoms with E-state index in [-0.39, 0.29) is 46.6 Å². The van der Waals surface area contributed by atoms with Crippen molar-refractivity contribution in [1.29, 1.82) is 0 Å². The number of rotatable bonds is 12. The first-order chi connectivity index (χ1) is 20.6. The normalized spacial score (nSPS) is 10.9. The highest BCUT2D eigenvalue weighted by atomic mass is 19.2. The Morgan fingerprint density at radius 1 is 0.442 bits per heavy atom. The van der Waals surface area contributed by atoms with Crippen LogP contribution in [0.2, 0.25) is 0 Å². The van der Waals surface area contributed by atoms with Crippen LogP contribution in [-0.2, 0) is 9.59 Å². The Morgan fingerprint density at radius 2 is 0.837 bits per heavy atom. The fraction of sp³-hybridized carbons (Fsp3) is 0.212. The molecule has 0 aliphatic carbocycles. The van der Waals surface area contributed by atoms with E-state index in [9.17, 15) is 35.9 Å². The highest BCUT2D eigenvalue weighted by Gasteiger charge is 2.14. The van der Waals surface area contributed by atoms with Crippen LogP contribution in [0, 0.1) is 34.9 Å². The van der Waals surface area contributed by atoms with Gasteiger partial charge in [-0.1, -0.05) is 31.4 Å². The van der Waals surface area contributed by atoms with E-state index in [0.29, 0.717) is 25.7 Å². The lowest BCUT2D eigenvalue weighted by atomic mass is 10.0. The number of hydrogen-bond donors (Lipinski definition) is 0. The summed E-state index contributed by atoms with van der Waals surface area (Å²) in [6, 6.07) is 13.4. The maximum atomic E-state index is 14.5. The Bertz CT molecular complexity index is 1500. The zero-order valence-electron chi connectivity index (χ0n) is 22.8. The van der Waals surface area contributed by atoms with Crippen LogP contribution in [0.4, 0.5) is 26.3 Å². The van der Waals surface area contributed by atoms with Crippen LogP contribution >= 0.6 is 0 Å². The number of carbonyl (C=O) groups excluding carboxylic acids is 2. The molecule has 0 fully saturated rings. The SMILES string of the molecule is O=C(CCCCCCCC(=O)Oc1ccc(-c2ccc(F)c(F)c2)c(F)c1)Oc1ccc(-c2ccc(F)c(F)c2)c(F)c1. The highest BCUT2D eigenvalue weighted by molar-refractivity contribution is 5.74. The molecule has 0 amide bonds. The third-order valence-corrected chi connectivity index (χ3v) is 6.57. The number of esters is 2. The average molecular weight is 601 g/mol. The fourth-order valence-corrected chi connectivity index (χ4v) is 4.35. The summed E-state index contributed by atoms with van der Waals surface area (Å²) in [5.41, 5.74) is 0.361. The lowest BCUT2D eigenvalue weighted by Crippen LogP contribution is -2.08. The minimum atomic E-state index is -1.10. The maximum Gasteiger partial charge on any atom is 0.311 e. The number of ether oxygens (including phenoxy) is 2. The summed E-state index contributed by atoms with van der Waals surface area (Å²) in [6.07, 6.45) is 3.33. The maximum absolute atomic E-state index is 14.5. The van der Waals surface area contributed by atoms with Gasteiger partial charge in [0.1, 0.15) is 23.1 Å². The summed E-state index contributed by atoms with van der Waals surface area (Å²) in [5, 5.41) is 0. The number of hydrogen-bond acceptors (Lipinski definition) is 4. The molecule has 0 saturated carbocycles. The summed E-state index contributed by atoms with van der Waals surface area (Å²) < 4.78 is 92.4. The number of carbonyl (C=O) groups is 2.